The van der Waals surface area contributed by atoms with E-state index >= 15 is 0 Å². The molecule has 2 aromatic rings. The van der Waals surface area contributed by atoms with Crippen molar-refractivity contribution >= 4 is 21.4 Å². The maximum atomic E-state index is 12.0. The molecule has 19 heavy (non-hydrogen) atoms. The number of anilines is 1. The number of nitrogens with one attached hydrogen (secondary N) is 1. The summed E-state index contributed by atoms with van der Waals surface area (Å²) in [5.41, 5.74) is 0.768. The summed E-state index contributed by atoms with van der Waals surface area (Å²) < 4.78 is 23.2. The second-order valence-electron chi connectivity index (χ2n) is 4.09. The van der Waals surface area contributed by atoms with E-state index in [0.717, 1.165) is 6.26 Å². The summed E-state index contributed by atoms with van der Waals surface area (Å²) in [6.07, 6.45) is 1.11. The number of carbonyl (C=O) groups is 1. The molecule has 0 aliphatic rings. The number of sulfone groups is 1. The fourth-order valence-electron chi connectivity index (χ4n) is 1.68. The molecule has 5 heteroatoms. The molecule has 2 aromatic carbocycles. The molecule has 0 aromatic heterocycles. The lowest BCUT2D eigenvalue weighted by Crippen LogP contribution is -2.14. The minimum Gasteiger partial charge on any atom is -0.321 e. The van der Waals surface area contributed by atoms with Crippen LogP contribution in [0.3, 0.4) is 0 Å². The number of para-hydroxylation sites is 1. The van der Waals surface area contributed by atoms with Gasteiger partial charge in [0.25, 0.3) is 5.91 Å². The van der Waals surface area contributed by atoms with E-state index in [-0.39, 0.29) is 10.8 Å². The highest BCUT2D eigenvalue weighted by Crippen LogP contribution is 2.21. The normalized spacial score (nSPS) is 11.0. The predicted octanol–water partition coefficient (Wildman–Crippen LogP) is 2.34. The fourth-order valence-corrected chi connectivity index (χ4v) is 2.52. The number of hydrogen-bond donors (Lipinski definition) is 1. The smallest absolute Gasteiger partial charge is 0.255 e. The zero-order valence-corrected chi connectivity index (χ0v) is 11.1. The lowest BCUT2D eigenvalue weighted by Gasteiger charge is -2.09. The molecule has 0 radical (unpaired) electrons. The van der Waals surface area contributed by atoms with Gasteiger partial charge >= 0.3 is 0 Å². The van der Waals surface area contributed by atoms with Crippen LogP contribution in [0.15, 0.2) is 59.5 Å². The lowest BCUT2D eigenvalue weighted by atomic mass is 10.2. The van der Waals surface area contributed by atoms with Crippen molar-refractivity contribution in [3.63, 3.8) is 0 Å². The van der Waals surface area contributed by atoms with Crippen molar-refractivity contribution in [2.75, 3.05) is 11.6 Å². The number of hydrogen-bond acceptors (Lipinski definition) is 3. The van der Waals surface area contributed by atoms with Crippen molar-refractivity contribution < 1.29 is 13.2 Å². The molecular formula is C14H13NO3S. The summed E-state index contributed by atoms with van der Waals surface area (Å²) in [6.45, 7) is 0. The highest BCUT2D eigenvalue weighted by molar-refractivity contribution is 7.90. The van der Waals surface area contributed by atoms with Gasteiger partial charge in [-0.15, -0.1) is 0 Å². The summed E-state index contributed by atoms with van der Waals surface area (Å²) in [4.78, 5) is 12.1. The molecule has 0 unspecified atom stereocenters. The molecule has 0 saturated carbocycles. The van der Waals surface area contributed by atoms with Crippen LogP contribution in [0.5, 0.6) is 0 Å². The van der Waals surface area contributed by atoms with Crippen LogP contribution in [0.25, 0.3) is 0 Å². The van der Waals surface area contributed by atoms with Crippen LogP contribution in [0.1, 0.15) is 10.4 Å². The Morgan fingerprint density at radius 1 is 0.947 bits per heavy atom. The van der Waals surface area contributed by atoms with Crippen LogP contribution in [-0.4, -0.2) is 20.6 Å². The Morgan fingerprint density at radius 2 is 1.53 bits per heavy atom. The van der Waals surface area contributed by atoms with Crippen molar-refractivity contribution in [1.82, 2.24) is 0 Å². The van der Waals surface area contributed by atoms with E-state index in [1.165, 1.54) is 6.07 Å². The van der Waals surface area contributed by atoms with Crippen molar-refractivity contribution in [2.45, 2.75) is 4.90 Å². The minimum absolute atomic E-state index is 0.110. The minimum atomic E-state index is -3.38. The van der Waals surface area contributed by atoms with Crippen molar-refractivity contribution in [1.29, 1.82) is 0 Å². The SMILES string of the molecule is CS(=O)(=O)c1ccccc1NC(=O)c1ccccc1. The van der Waals surface area contributed by atoms with E-state index < -0.39 is 9.84 Å². The van der Waals surface area contributed by atoms with Crippen LogP contribution in [-0.2, 0) is 9.84 Å². The maximum absolute atomic E-state index is 12.0. The second kappa shape index (κ2) is 5.24. The van der Waals surface area contributed by atoms with Gasteiger partial charge in [-0.05, 0) is 24.3 Å². The second-order valence-corrected chi connectivity index (χ2v) is 6.07. The molecular weight excluding hydrogens is 262 g/mol. The fraction of sp³-hybridized carbons (Fsp3) is 0.0714. The summed E-state index contributed by atoms with van der Waals surface area (Å²) in [5.74, 6) is -0.336. The summed E-state index contributed by atoms with van der Waals surface area (Å²) in [5, 5.41) is 2.62. The van der Waals surface area contributed by atoms with E-state index in [1.54, 1.807) is 48.5 Å². The first-order valence-electron chi connectivity index (χ1n) is 5.64. The van der Waals surface area contributed by atoms with Gasteiger partial charge in [0.05, 0.1) is 10.6 Å². The monoisotopic (exact) mass is 275 g/mol. The summed E-state index contributed by atoms with van der Waals surface area (Å²) >= 11 is 0. The summed E-state index contributed by atoms with van der Waals surface area (Å²) in [7, 11) is -3.38. The van der Waals surface area contributed by atoms with Crippen molar-refractivity contribution in [3.8, 4) is 0 Å². The Hall–Kier alpha value is -2.14. The third-order valence-corrected chi connectivity index (χ3v) is 3.73. The van der Waals surface area contributed by atoms with E-state index in [0.29, 0.717) is 11.3 Å². The molecule has 0 aliphatic carbocycles. The van der Waals surface area contributed by atoms with Crippen LogP contribution in [0.2, 0.25) is 0 Å². The van der Waals surface area contributed by atoms with Gasteiger partial charge in [0.2, 0.25) is 0 Å². The molecule has 1 amide bonds. The van der Waals surface area contributed by atoms with Crippen LogP contribution < -0.4 is 5.32 Å². The topological polar surface area (TPSA) is 63.2 Å². The first-order chi connectivity index (χ1) is 8.98. The van der Waals surface area contributed by atoms with Gasteiger partial charge in [-0.2, -0.15) is 0 Å². The first-order valence-corrected chi connectivity index (χ1v) is 7.53. The Balaban J connectivity index is 2.33. The van der Waals surface area contributed by atoms with Crippen molar-refractivity contribution in [3.05, 3.63) is 60.2 Å². The van der Waals surface area contributed by atoms with Gasteiger partial charge in [-0.1, -0.05) is 30.3 Å². The summed E-state index contributed by atoms with van der Waals surface area (Å²) in [6, 6.07) is 15.0. The van der Waals surface area contributed by atoms with Crippen LogP contribution in [0.4, 0.5) is 5.69 Å². The molecule has 0 saturated heterocycles. The van der Waals surface area contributed by atoms with Gasteiger partial charge < -0.3 is 5.32 Å². The molecule has 98 valence electrons. The van der Waals surface area contributed by atoms with E-state index in [1.807, 2.05) is 0 Å². The van der Waals surface area contributed by atoms with Gasteiger partial charge in [-0.25, -0.2) is 8.42 Å². The molecule has 4 nitrogen and oxygen atoms in total. The third-order valence-electron chi connectivity index (χ3n) is 2.57. The quantitative estimate of drug-likeness (QED) is 0.935. The average molecular weight is 275 g/mol. The average Bonchev–Trinajstić information content (AvgIpc) is 2.39. The number of rotatable bonds is 3. The Morgan fingerprint density at radius 3 is 2.16 bits per heavy atom. The molecule has 0 spiro atoms. The van der Waals surface area contributed by atoms with Gasteiger partial charge in [-0.3, -0.25) is 4.79 Å². The molecule has 1 N–H and O–H groups in total. The standard InChI is InChI=1S/C14H13NO3S/c1-19(17,18)13-10-6-5-9-12(13)15-14(16)11-7-3-2-4-8-11/h2-10H,1H3,(H,15,16). The molecule has 0 atom stereocenters. The van der Waals surface area contributed by atoms with E-state index in [2.05, 4.69) is 5.32 Å². The third kappa shape index (κ3) is 3.20. The zero-order chi connectivity index (χ0) is 13.9. The maximum Gasteiger partial charge on any atom is 0.255 e. The van der Waals surface area contributed by atoms with Crippen LogP contribution in [0, 0.1) is 0 Å². The Labute approximate surface area is 112 Å². The Kier molecular flexibility index (Phi) is 3.66. The largest absolute Gasteiger partial charge is 0.321 e. The number of benzene rings is 2. The van der Waals surface area contributed by atoms with Gasteiger partial charge in [0.15, 0.2) is 9.84 Å². The van der Waals surface area contributed by atoms with E-state index in [9.17, 15) is 13.2 Å². The number of carbonyl (C=O) groups excluding carboxylic acids is 1. The van der Waals surface area contributed by atoms with Crippen LogP contribution >= 0.6 is 0 Å². The van der Waals surface area contributed by atoms with Crippen molar-refractivity contribution in [2.24, 2.45) is 0 Å². The molecule has 0 heterocycles. The van der Waals surface area contributed by atoms with Gasteiger partial charge in [0.1, 0.15) is 0 Å². The highest BCUT2D eigenvalue weighted by Gasteiger charge is 2.14. The Bertz CT molecular complexity index is 694. The predicted molar refractivity (Wildman–Crippen MR) is 73.9 cm³/mol. The van der Waals surface area contributed by atoms with E-state index in [4.69, 9.17) is 0 Å². The van der Waals surface area contributed by atoms with Gasteiger partial charge in [0, 0.05) is 11.8 Å². The molecule has 2 rings (SSSR count). The first kappa shape index (κ1) is 13.3. The lowest BCUT2D eigenvalue weighted by molar-refractivity contribution is 0.102. The molecule has 0 bridgehead atoms. The number of amides is 1. The molecule has 0 fully saturated rings. The highest BCUT2D eigenvalue weighted by atomic mass is 32.2. The molecule has 0 aliphatic heterocycles. The zero-order valence-electron chi connectivity index (χ0n) is 10.3.